The highest BCUT2D eigenvalue weighted by Crippen LogP contribution is 2.38. The summed E-state index contributed by atoms with van der Waals surface area (Å²) < 4.78 is 8.35. The first kappa shape index (κ1) is 20.2. The predicted molar refractivity (Wildman–Crippen MR) is 125 cm³/mol. The molecule has 3 heterocycles. The van der Waals surface area contributed by atoms with Crippen LogP contribution in [0, 0.1) is 13.8 Å². The van der Waals surface area contributed by atoms with Crippen molar-refractivity contribution in [3.8, 4) is 17.0 Å². The van der Waals surface area contributed by atoms with Crippen LogP contribution < -0.4 is 10.1 Å². The SMILES string of the molecule is Cc1cccnc1-c1cccc2c1O[C@@H](CNC(=O)CCn1c(C)nc3ccccc31)C2. The molecule has 0 bridgehead atoms. The van der Waals surface area contributed by atoms with E-state index in [0.717, 1.165) is 51.4 Å². The molecule has 0 saturated carbocycles. The highest BCUT2D eigenvalue weighted by molar-refractivity contribution is 5.78. The number of fused-ring (bicyclic) bond motifs is 2. The van der Waals surface area contributed by atoms with Gasteiger partial charge < -0.3 is 14.6 Å². The monoisotopic (exact) mass is 426 g/mol. The van der Waals surface area contributed by atoms with Gasteiger partial charge in [-0.05, 0) is 49.2 Å². The smallest absolute Gasteiger partial charge is 0.221 e. The molecule has 0 fully saturated rings. The molecule has 6 nitrogen and oxygen atoms in total. The number of ether oxygens (including phenoxy) is 1. The summed E-state index contributed by atoms with van der Waals surface area (Å²) in [7, 11) is 0. The summed E-state index contributed by atoms with van der Waals surface area (Å²) in [4.78, 5) is 21.7. The van der Waals surface area contributed by atoms with Crippen molar-refractivity contribution in [3.05, 3.63) is 77.7 Å². The van der Waals surface area contributed by atoms with Gasteiger partial charge in [0.2, 0.25) is 5.91 Å². The number of hydrogen-bond acceptors (Lipinski definition) is 4. The number of carbonyl (C=O) groups is 1. The fraction of sp³-hybridized carbons (Fsp3) is 0.269. The van der Waals surface area contributed by atoms with Crippen molar-refractivity contribution in [3.63, 3.8) is 0 Å². The number of aromatic nitrogens is 3. The van der Waals surface area contributed by atoms with Crippen molar-refractivity contribution >= 4 is 16.9 Å². The summed E-state index contributed by atoms with van der Waals surface area (Å²) in [6.07, 6.45) is 2.91. The third kappa shape index (κ3) is 3.84. The van der Waals surface area contributed by atoms with E-state index in [4.69, 9.17) is 4.74 Å². The van der Waals surface area contributed by atoms with E-state index in [1.807, 2.05) is 49.4 Å². The Labute approximate surface area is 187 Å². The van der Waals surface area contributed by atoms with Gasteiger partial charge in [0, 0.05) is 31.1 Å². The van der Waals surface area contributed by atoms with Crippen molar-refractivity contribution in [1.82, 2.24) is 19.9 Å². The van der Waals surface area contributed by atoms with Gasteiger partial charge in [-0.3, -0.25) is 9.78 Å². The zero-order chi connectivity index (χ0) is 22.1. The number of imidazole rings is 1. The number of pyridine rings is 1. The van der Waals surface area contributed by atoms with E-state index in [1.54, 1.807) is 6.20 Å². The normalized spacial score (nSPS) is 14.9. The molecular weight excluding hydrogens is 400 g/mol. The summed E-state index contributed by atoms with van der Waals surface area (Å²) in [6, 6.07) is 18.2. The first-order chi connectivity index (χ1) is 15.6. The number of para-hydroxylation sites is 3. The Balaban J connectivity index is 1.20. The number of rotatable bonds is 6. The van der Waals surface area contributed by atoms with Gasteiger partial charge in [0.05, 0.1) is 23.3 Å². The summed E-state index contributed by atoms with van der Waals surface area (Å²) in [5.41, 5.74) is 6.25. The third-order valence-electron chi connectivity index (χ3n) is 6.03. The van der Waals surface area contributed by atoms with Crippen LogP contribution in [-0.2, 0) is 17.8 Å². The molecule has 1 amide bonds. The van der Waals surface area contributed by atoms with Gasteiger partial charge in [-0.1, -0.05) is 30.3 Å². The van der Waals surface area contributed by atoms with Crippen molar-refractivity contribution in [2.45, 2.75) is 39.3 Å². The topological polar surface area (TPSA) is 69.0 Å². The van der Waals surface area contributed by atoms with Crippen LogP contribution in [0.5, 0.6) is 5.75 Å². The van der Waals surface area contributed by atoms with E-state index in [9.17, 15) is 4.79 Å². The third-order valence-corrected chi connectivity index (χ3v) is 6.03. The van der Waals surface area contributed by atoms with Crippen LogP contribution in [0.15, 0.2) is 60.8 Å². The van der Waals surface area contributed by atoms with E-state index in [2.05, 4.69) is 38.9 Å². The minimum absolute atomic E-state index is 0.0162. The van der Waals surface area contributed by atoms with E-state index in [-0.39, 0.29) is 12.0 Å². The molecule has 5 rings (SSSR count). The maximum absolute atomic E-state index is 12.5. The number of benzene rings is 2. The number of nitrogens with zero attached hydrogens (tertiary/aromatic N) is 3. The minimum atomic E-state index is -0.0741. The summed E-state index contributed by atoms with van der Waals surface area (Å²) >= 11 is 0. The maximum atomic E-state index is 12.5. The molecule has 0 saturated heterocycles. The largest absolute Gasteiger partial charge is 0.487 e. The summed E-state index contributed by atoms with van der Waals surface area (Å²) in [5, 5.41) is 3.05. The molecule has 162 valence electrons. The van der Waals surface area contributed by atoms with Crippen LogP contribution in [0.1, 0.15) is 23.4 Å². The van der Waals surface area contributed by atoms with Gasteiger partial charge >= 0.3 is 0 Å². The van der Waals surface area contributed by atoms with Crippen LogP contribution in [-0.4, -0.2) is 33.1 Å². The Morgan fingerprint density at radius 2 is 2.00 bits per heavy atom. The molecule has 2 aromatic heterocycles. The molecule has 0 aliphatic carbocycles. The van der Waals surface area contributed by atoms with Crippen LogP contribution in [0.2, 0.25) is 0 Å². The number of amides is 1. The Bertz CT molecular complexity index is 1290. The number of hydrogen-bond donors (Lipinski definition) is 1. The van der Waals surface area contributed by atoms with Crippen LogP contribution in [0.4, 0.5) is 0 Å². The van der Waals surface area contributed by atoms with E-state index in [0.29, 0.717) is 19.5 Å². The Morgan fingerprint density at radius 3 is 2.88 bits per heavy atom. The lowest BCUT2D eigenvalue weighted by atomic mass is 10.0. The number of nitrogens with one attached hydrogen (secondary N) is 1. The maximum Gasteiger partial charge on any atom is 0.221 e. The second-order valence-corrected chi connectivity index (χ2v) is 8.26. The zero-order valence-corrected chi connectivity index (χ0v) is 18.3. The van der Waals surface area contributed by atoms with E-state index >= 15 is 0 Å². The first-order valence-electron chi connectivity index (χ1n) is 11.0. The fourth-order valence-corrected chi connectivity index (χ4v) is 4.41. The van der Waals surface area contributed by atoms with Crippen molar-refractivity contribution in [2.75, 3.05) is 6.54 Å². The molecule has 32 heavy (non-hydrogen) atoms. The lowest BCUT2D eigenvalue weighted by Gasteiger charge is -2.14. The lowest BCUT2D eigenvalue weighted by molar-refractivity contribution is -0.121. The van der Waals surface area contributed by atoms with Crippen LogP contribution in [0.3, 0.4) is 0 Å². The number of carbonyl (C=O) groups excluding carboxylic acids is 1. The summed E-state index contributed by atoms with van der Waals surface area (Å²) in [6.45, 7) is 5.12. The molecule has 1 atom stereocenters. The van der Waals surface area contributed by atoms with Gasteiger partial charge in [0.1, 0.15) is 17.7 Å². The Kier molecular flexibility index (Phi) is 5.35. The van der Waals surface area contributed by atoms with Gasteiger partial charge in [-0.2, -0.15) is 0 Å². The van der Waals surface area contributed by atoms with E-state index < -0.39 is 0 Å². The fourth-order valence-electron chi connectivity index (χ4n) is 4.41. The van der Waals surface area contributed by atoms with Gasteiger partial charge in [-0.15, -0.1) is 0 Å². The van der Waals surface area contributed by atoms with Crippen LogP contribution in [0.25, 0.3) is 22.3 Å². The van der Waals surface area contributed by atoms with Crippen molar-refractivity contribution in [2.24, 2.45) is 0 Å². The molecule has 4 aromatic rings. The Hall–Kier alpha value is -3.67. The van der Waals surface area contributed by atoms with Crippen LogP contribution >= 0.6 is 0 Å². The highest BCUT2D eigenvalue weighted by Gasteiger charge is 2.26. The lowest BCUT2D eigenvalue weighted by Crippen LogP contribution is -2.34. The van der Waals surface area contributed by atoms with Crippen molar-refractivity contribution in [1.29, 1.82) is 0 Å². The second kappa shape index (κ2) is 8.46. The molecule has 0 unspecified atom stereocenters. The molecule has 2 aromatic carbocycles. The van der Waals surface area contributed by atoms with E-state index in [1.165, 1.54) is 0 Å². The zero-order valence-electron chi connectivity index (χ0n) is 18.3. The molecular formula is C26H26N4O2. The highest BCUT2D eigenvalue weighted by atomic mass is 16.5. The summed E-state index contributed by atoms with van der Waals surface area (Å²) in [5.74, 6) is 1.82. The average Bonchev–Trinajstić information content (AvgIpc) is 3.36. The quantitative estimate of drug-likeness (QED) is 0.501. The standard InChI is InChI=1S/C26H26N4O2/c1-17-7-6-13-27-25(17)21-9-5-8-19-15-20(32-26(19)21)16-28-24(31)12-14-30-18(2)29-22-10-3-4-11-23(22)30/h3-11,13,20H,12,14-16H2,1-2H3,(H,28,31)/t20-/m1/s1. The van der Waals surface area contributed by atoms with Crippen molar-refractivity contribution < 1.29 is 9.53 Å². The van der Waals surface area contributed by atoms with Gasteiger partial charge in [0.25, 0.3) is 0 Å². The molecule has 1 N–H and O–H groups in total. The average molecular weight is 427 g/mol. The van der Waals surface area contributed by atoms with Gasteiger partial charge in [-0.25, -0.2) is 4.98 Å². The Morgan fingerprint density at radius 1 is 1.12 bits per heavy atom. The molecule has 1 aliphatic rings. The predicted octanol–water partition coefficient (Wildman–Crippen LogP) is 4.23. The molecule has 6 heteroatoms. The molecule has 0 radical (unpaired) electrons. The molecule has 1 aliphatic heterocycles. The first-order valence-corrected chi connectivity index (χ1v) is 11.0. The second-order valence-electron chi connectivity index (χ2n) is 8.26. The molecule has 0 spiro atoms. The van der Waals surface area contributed by atoms with Gasteiger partial charge in [0.15, 0.2) is 0 Å². The number of aryl methyl sites for hydroxylation is 3. The minimum Gasteiger partial charge on any atom is -0.487 e.